The first-order valence-corrected chi connectivity index (χ1v) is 6.26. The summed E-state index contributed by atoms with van der Waals surface area (Å²) in [6.45, 7) is 11.6. The zero-order valence-electron chi connectivity index (χ0n) is 12.1. The van der Waals surface area contributed by atoms with Gasteiger partial charge in [-0.05, 0) is 16.4 Å². The second-order valence-corrected chi connectivity index (χ2v) is 7.07. The molecule has 0 aromatic carbocycles. The third-order valence-corrected chi connectivity index (χ3v) is 3.79. The van der Waals surface area contributed by atoms with Gasteiger partial charge in [-0.25, -0.2) is 0 Å². The summed E-state index contributed by atoms with van der Waals surface area (Å²) in [5.41, 5.74) is -0.952. The van der Waals surface area contributed by atoms with Crippen LogP contribution in [0, 0.1) is 16.2 Å². The van der Waals surface area contributed by atoms with Crippen molar-refractivity contribution in [2.45, 2.75) is 47.6 Å². The Kier molecular flexibility index (Phi) is 3.52. The predicted molar refractivity (Wildman–Crippen MR) is 72.2 cm³/mol. The molecule has 0 bridgehead atoms. The summed E-state index contributed by atoms with van der Waals surface area (Å²) in [5, 5.41) is 19.9. The van der Waals surface area contributed by atoms with Gasteiger partial charge in [-0.2, -0.15) is 0 Å². The molecule has 1 aliphatic rings. The summed E-state index contributed by atoms with van der Waals surface area (Å²) in [6, 6.07) is 0. The van der Waals surface area contributed by atoms with Crippen molar-refractivity contribution in [1.29, 1.82) is 0 Å². The van der Waals surface area contributed by atoms with Crippen LogP contribution in [0.4, 0.5) is 0 Å². The van der Waals surface area contributed by atoms with Gasteiger partial charge >= 0.3 is 5.97 Å². The van der Waals surface area contributed by atoms with Gasteiger partial charge in [0.05, 0.1) is 6.10 Å². The molecule has 2 N–H and O–H groups in total. The van der Waals surface area contributed by atoms with Crippen molar-refractivity contribution in [3.63, 3.8) is 0 Å². The van der Waals surface area contributed by atoms with Crippen LogP contribution in [0.25, 0.3) is 0 Å². The van der Waals surface area contributed by atoms with E-state index in [4.69, 9.17) is 0 Å². The van der Waals surface area contributed by atoms with Crippen molar-refractivity contribution in [3.05, 3.63) is 23.8 Å². The van der Waals surface area contributed by atoms with E-state index in [2.05, 4.69) is 0 Å². The summed E-state index contributed by atoms with van der Waals surface area (Å²) < 4.78 is 0. The van der Waals surface area contributed by atoms with Gasteiger partial charge in [0.25, 0.3) is 0 Å². The minimum absolute atomic E-state index is 0.0972. The van der Waals surface area contributed by atoms with Crippen molar-refractivity contribution in [2.75, 3.05) is 0 Å². The third kappa shape index (κ3) is 2.24. The molecule has 18 heavy (non-hydrogen) atoms. The second kappa shape index (κ2) is 4.23. The van der Waals surface area contributed by atoms with Crippen LogP contribution in [-0.4, -0.2) is 22.3 Å². The summed E-state index contributed by atoms with van der Waals surface area (Å²) in [7, 11) is 0. The molecule has 2 unspecified atom stereocenters. The Morgan fingerprint density at radius 2 is 1.72 bits per heavy atom. The Bertz CT molecular complexity index is 404. The SMILES string of the molecule is CC(C)(C)C1=CC(O)C(C(=O)O)(C(C)(C)C)C=C1. The zero-order chi connectivity index (χ0) is 14.4. The number of hydrogen-bond acceptors (Lipinski definition) is 2. The Balaban J connectivity index is 3.30. The van der Waals surface area contributed by atoms with Crippen LogP contribution < -0.4 is 0 Å². The highest BCUT2D eigenvalue weighted by molar-refractivity contribution is 5.80. The van der Waals surface area contributed by atoms with Gasteiger partial charge in [0.2, 0.25) is 0 Å². The van der Waals surface area contributed by atoms with E-state index in [1.165, 1.54) is 0 Å². The molecule has 0 aliphatic heterocycles. The number of carboxylic acid groups (broad SMARTS) is 1. The largest absolute Gasteiger partial charge is 0.480 e. The first-order valence-electron chi connectivity index (χ1n) is 6.26. The van der Waals surface area contributed by atoms with Crippen LogP contribution >= 0.6 is 0 Å². The number of aliphatic hydroxyl groups is 1. The van der Waals surface area contributed by atoms with Gasteiger partial charge < -0.3 is 10.2 Å². The lowest BCUT2D eigenvalue weighted by Crippen LogP contribution is -2.51. The number of aliphatic hydroxyl groups excluding tert-OH is 1. The number of allylic oxidation sites excluding steroid dienone is 2. The van der Waals surface area contributed by atoms with E-state index < -0.39 is 22.9 Å². The van der Waals surface area contributed by atoms with E-state index in [0.29, 0.717) is 0 Å². The molecule has 0 heterocycles. The molecule has 0 spiro atoms. The van der Waals surface area contributed by atoms with Gasteiger partial charge in [0, 0.05) is 0 Å². The molecule has 0 amide bonds. The van der Waals surface area contributed by atoms with Crippen LogP contribution in [0.2, 0.25) is 0 Å². The standard InChI is InChI=1S/C15H24O3/c1-13(2,3)10-7-8-15(12(17)18,11(16)9-10)14(4,5)6/h7-9,11,16H,1-6H3,(H,17,18). The number of rotatable bonds is 1. The van der Waals surface area contributed by atoms with E-state index in [0.717, 1.165) is 5.57 Å². The maximum Gasteiger partial charge on any atom is 0.317 e. The minimum atomic E-state index is -1.26. The average molecular weight is 252 g/mol. The molecule has 0 saturated carbocycles. The van der Waals surface area contributed by atoms with E-state index in [9.17, 15) is 15.0 Å². The van der Waals surface area contributed by atoms with E-state index in [1.807, 2.05) is 47.6 Å². The fourth-order valence-corrected chi connectivity index (χ4v) is 2.39. The molecular formula is C15H24O3. The van der Waals surface area contributed by atoms with Crippen molar-refractivity contribution < 1.29 is 15.0 Å². The fraction of sp³-hybridized carbons (Fsp3) is 0.667. The van der Waals surface area contributed by atoms with Gasteiger partial charge in [0.15, 0.2) is 0 Å². The van der Waals surface area contributed by atoms with Gasteiger partial charge in [-0.3, -0.25) is 4.79 Å². The smallest absolute Gasteiger partial charge is 0.317 e. The van der Waals surface area contributed by atoms with Crippen LogP contribution in [0.1, 0.15) is 41.5 Å². The molecule has 102 valence electrons. The van der Waals surface area contributed by atoms with Crippen LogP contribution in [-0.2, 0) is 4.79 Å². The number of carboxylic acids is 1. The maximum absolute atomic E-state index is 11.6. The molecule has 0 aromatic heterocycles. The van der Waals surface area contributed by atoms with Gasteiger partial charge in [0.1, 0.15) is 5.41 Å². The Hall–Kier alpha value is -1.09. The summed E-state index contributed by atoms with van der Waals surface area (Å²) in [4.78, 5) is 11.6. The molecule has 3 nitrogen and oxygen atoms in total. The third-order valence-electron chi connectivity index (χ3n) is 3.79. The summed E-state index contributed by atoms with van der Waals surface area (Å²) in [6.07, 6.45) is 4.17. The van der Waals surface area contributed by atoms with Crippen molar-refractivity contribution >= 4 is 5.97 Å². The fourth-order valence-electron chi connectivity index (χ4n) is 2.39. The van der Waals surface area contributed by atoms with Crippen molar-refractivity contribution in [3.8, 4) is 0 Å². The maximum atomic E-state index is 11.6. The zero-order valence-corrected chi connectivity index (χ0v) is 12.1. The lowest BCUT2D eigenvalue weighted by Gasteiger charge is -2.44. The number of hydrogen-bond donors (Lipinski definition) is 2. The highest BCUT2D eigenvalue weighted by atomic mass is 16.4. The molecule has 0 saturated heterocycles. The minimum Gasteiger partial charge on any atom is -0.480 e. The average Bonchev–Trinajstić information content (AvgIpc) is 2.13. The molecule has 0 radical (unpaired) electrons. The summed E-state index contributed by atoms with van der Waals surface area (Å²) in [5.74, 6) is -0.983. The quantitative estimate of drug-likeness (QED) is 0.754. The normalized spacial score (nSPS) is 29.1. The molecule has 1 rings (SSSR count). The van der Waals surface area contributed by atoms with Crippen molar-refractivity contribution in [2.24, 2.45) is 16.2 Å². The van der Waals surface area contributed by atoms with Crippen molar-refractivity contribution in [1.82, 2.24) is 0 Å². The number of carbonyl (C=O) groups is 1. The molecule has 0 aromatic rings. The van der Waals surface area contributed by atoms with Crippen LogP contribution in [0.5, 0.6) is 0 Å². The lowest BCUT2D eigenvalue weighted by molar-refractivity contribution is -0.158. The molecule has 3 heteroatoms. The first-order chi connectivity index (χ1) is 7.93. The predicted octanol–water partition coefficient (Wildman–Crippen LogP) is 3.01. The summed E-state index contributed by atoms with van der Waals surface area (Å²) >= 11 is 0. The van der Waals surface area contributed by atoms with E-state index in [-0.39, 0.29) is 5.41 Å². The molecule has 1 aliphatic carbocycles. The molecular weight excluding hydrogens is 228 g/mol. The Morgan fingerprint density at radius 1 is 1.22 bits per heavy atom. The van der Waals surface area contributed by atoms with Crippen LogP contribution in [0.3, 0.4) is 0 Å². The Morgan fingerprint density at radius 3 is 2.00 bits per heavy atom. The number of aliphatic carboxylic acids is 1. The highest BCUT2D eigenvalue weighted by Crippen LogP contribution is 2.47. The first kappa shape index (κ1) is 15.0. The molecule has 2 atom stereocenters. The second-order valence-electron chi connectivity index (χ2n) is 7.07. The van der Waals surface area contributed by atoms with Gasteiger partial charge in [-0.1, -0.05) is 59.8 Å². The molecule has 0 fully saturated rings. The van der Waals surface area contributed by atoms with E-state index in [1.54, 1.807) is 12.2 Å². The van der Waals surface area contributed by atoms with Crippen LogP contribution in [0.15, 0.2) is 23.8 Å². The van der Waals surface area contributed by atoms with E-state index >= 15 is 0 Å². The lowest BCUT2D eigenvalue weighted by atomic mass is 9.60. The van der Waals surface area contributed by atoms with Gasteiger partial charge in [-0.15, -0.1) is 0 Å². The topological polar surface area (TPSA) is 57.5 Å². The highest BCUT2D eigenvalue weighted by Gasteiger charge is 2.53. The Labute approximate surface area is 109 Å². The monoisotopic (exact) mass is 252 g/mol.